The van der Waals surface area contributed by atoms with Gasteiger partial charge in [0, 0.05) is 6.61 Å². The van der Waals surface area contributed by atoms with Gasteiger partial charge in [-0.1, -0.05) is 6.92 Å². The molecule has 1 nitrogen and oxygen atoms in total. The maximum atomic E-state index is 12.3. The average Bonchev–Trinajstić information content (AvgIpc) is 2.35. The summed E-state index contributed by atoms with van der Waals surface area (Å²) in [6.45, 7) is 2.25. The van der Waals surface area contributed by atoms with Gasteiger partial charge in [0.2, 0.25) is 0 Å². The Labute approximate surface area is 124 Å². The zero-order valence-corrected chi connectivity index (χ0v) is 11.2. The third kappa shape index (κ3) is 4.14. The highest BCUT2D eigenvalue weighted by Crippen LogP contribution is 2.60. The summed E-state index contributed by atoms with van der Waals surface area (Å²) in [5.74, 6) is -31.7. The molecule has 0 aromatic carbocycles. The lowest BCUT2D eigenvalue weighted by Gasteiger charge is -2.37. The number of halogens is 14. The first-order valence-corrected chi connectivity index (χ1v) is 5.42. The van der Waals surface area contributed by atoms with E-state index in [0.29, 0.717) is 6.61 Å². The minimum atomic E-state index is -8.04. The van der Waals surface area contributed by atoms with Crippen molar-refractivity contribution in [2.24, 2.45) is 0 Å². The Morgan fingerprint density at radius 3 is 0.750 bits per heavy atom. The Morgan fingerprint density at radius 2 is 0.667 bits per heavy atom. The smallest absolute Gasteiger partial charge is 0.396 e. The van der Waals surface area contributed by atoms with E-state index < -0.39 is 36.0 Å². The van der Waals surface area contributed by atoms with Crippen molar-refractivity contribution in [1.29, 1.82) is 0 Å². The molecule has 0 aliphatic carbocycles. The van der Waals surface area contributed by atoms with Crippen LogP contribution in [0.4, 0.5) is 61.5 Å². The van der Waals surface area contributed by atoms with Gasteiger partial charge < -0.3 is 5.11 Å². The van der Waals surface area contributed by atoms with Gasteiger partial charge in [-0.3, -0.25) is 0 Å². The van der Waals surface area contributed by atoms with Gasteiger partial charge in [0.15, 0.2) is 0 Å². The first-order valence-electron chi connectivity index (χ1n) is 5.42. The van der Waals surface area contributed by atoms with E-state index in [0.717, 1.165) is 6.42 Å². The van der Waals surface area contributed by atoms with Crippen LogP contribution in [-0.4, -0.2) is 47.8 Å². The van der Waals surface area contributed by atoms with Crippen molar-refractivity contribution in [1.82, 2.24) is 0 Å². The highest BCUT2D eigenvalue weighted by Gasteiger charge is 2.91. The van der Waals surface area contributed by atoms with Gasteiger partial charge >= 0.3 is 36.0 Å². The molecule has 0 atom stereocenters. The van der Waals surface area contributed by atoms with E-state index in [2.05, 4.69) is 0 Å². The molecule has 0 radical (unpaired) electrons. The lowest BCUT2D eigenvalue weighted by molar-refractivity contribution is -0.451. The molecule has 0 aliphatic heterocycles. The van der Waals surface area contributed by atoms with E-state index in [1.54, 1.807) is 0 Å². The van der Waals surface area contributed by atoms with Gasteiger partial charge in [-0.15, -0.1) is 0 Å². The van der Waals surface area contributed by atoms with Crippen molar-refractivity contribution in [2.75, 3.05) is 6.61 Å². The van der Waals surface area contributed by atoms with E-state index in [9.17, 15) is 61.5 Å². The van der Waals surface area contributed by atoms with E-state index in [1.165, 1.54) is 0 Å². The largest absolute Gasteiger partial charge is 0.460 e. The minimum Gasteiger partial charge on any atom is -0.396 e. The van der Waals surface area contributed by atoms with E-state index in [4.69, 9.17) is 5.11 Å². The molecule has 0 aromatic heterocycles. The number of aliphatic hydroxyl groups excluding tert-OH is 1. The van der Waals surface area contributed by atoms with Gasteiger partial charge in [0.25, 0.3) is 0 Å². The zero-order chi connectivity index (χ0) is 20.4. The fourth-order valence-electron chi connectivity index (χ4n) is 0.750. The molecule has 1 N–H and O–H groups in total. The molecule has 0 bridgehead atoms. The second-order valence-electron chi connectivity index (χ2n) is 4.02. The highest BCUT2D eigenvalue weighted by atomic mass is 19.4. The fourth-order valence-corrected chi connectivity index (χ4v) is 0.750. The van der Waals surface area contributed by atoms with Crippen LogP contribution >= 0.6 is 0 Å². The molecule has 0 amide bonds. The lowest BCUT2D eigenvalue weighted by atomic mass is 9.98. The first-order chi connectivity index (χ1) is 10.2. The number of aliphatic hydroxyl groups is 1. The summed E-state index contributed by atoms with van der Waals surface area (Å²) >= 11 is 0. The molecule has 0 spiro atoms. The summed E-state index contributed by atoms with van der Waals surface area (Å²) in [5, 5.41) is 7.88. The average molecular weight is 398 g/mol. The normalized spacial score (nSPS) is 15.0. The standard InChI is InChI=1S/C6F14.C3H8O/c7-1(8,3(11,12)5(15,16)17)2(9,10)4(13,14)6(18,19)20;1-2-3-4/h;4H,2-3H2,1H3. The van der Waals surface area contributed by atoms with Crippen molar-refractivity contribution in [3.63, 3.8) is 0 Å². The molecule has 0 aliphatic rings. The SMILES string of the molecule is CCCO.FC(F)(F)C(F)(F)C(F)(F)C(F)(F)C(F)(F)C(F)(F)F. The van der Waals surface area contributed by atoms with Crippen molar-refractivity contribution in [2.45, 2.75) is 49.4 Å². The van der Waals surface area contributed by atoms with Gasteiger partial charge in [-0.2, -0.15) is 61.5 Å². The summed E-state index contributed by atoms with van der Waals surface area (Å²) < 4.78 is 166. The summed E-state index contributed by atoms with van der Waals surface area (Å²) in [6.07, 6.45) is -14.1. The molecule has 0 fully saturated rings. The maximum Gasteiger partial charge on any atom is 0.460 e. The second kappa shape index (κ2) is 7.07. The lowest BCUT2D eigenvalue weighted by Crippen LogP contribution is -2.69. The van der Waals surface area contributed by atoms with E-state index >= 15 is 0 Å². The van der Waals surface area contributed by atoms with Crippen LogP contribution in [0.1, 0.15) is 13.3 Å². The van der Waals surface area contributed by atoms with Crippen LogP contribution in [0.2, 0.25) is 0 Å². The molecule has 0 saturated carbocycles. The minimum absolute atomic E-state index is 0.319. The van der Waals surface area contributed by atoms with Crippen LogP contribution in [-0.2, 0) is 0 Å². The predicted octanol–water partition coefficient (Wildman–Crippen LogP) is 5.04. The third-order valence-corrected chi connectivity index (χ3v) is 2.12. The Hall–Kier alpha value is -1.02. The number of hydrogen-bond acceptors (Lipinski definition) is 1. The van der Waals surface area contributed by atoms with Gasteiger partial charge in [-0.25, -0.2) is 0 Å². The molecule has 148 valence electrons. The van der Waals surface area contributed by atoms with Crippen LogP contribution < -0.4 is 0 Å². The van der Waals surface area contributed by atoms with Crippen LogP contribution in [0.15, 0.2) is 0 Å². The van der Waals surface area contributed by atoms with Crippen LogP contribution in [0.5, 0.6) is 0 Å². The molecule has 24 heavy (non-hydrogen) atoms. The number of alkyl halides is 14. The Balaban J connectivity index is 0. The van der Waals surface area contributed by atoms with Gasteiger partial charge in [0.05, 0.1) is 0 Å². The van der Waals surface area contributed by atoms with Crippen LogP contribution in [0, 0.1) is 0 Å². The Bertz CT molecular complexity index is 354. The first kappa shape index (κ1) is 25.2. The maximum absolute atomic E-state index is 12.3. The van der Waals surface area contributed by atoms with E-state index in [1.807, 2.05) is 6.92 Å². The van der Waals surface area contributed by atoms with Crippen molar-refractivity contribution in [3.8, 4) is 0 Å². The number of hydrogen-bond donors (Lipinski definition) is 1. The quantitative estimate of drug-likeness (QED) is 0.658. The van der Waals surface area contributed by atoms with Gasteiger partial charge in [0.1, 0.15) is 0 Å². The second-order valence-corrected chi connectivity index (χ2v) is 4.02. The fraction of sp³-hybridized carbons (Fsp3) is 1.00. The Kier molecular flexibility index (Phi) is 7.44. The summed E-state index contributed by atoms with van der Waals surface area (Å²) in [7, 11) is 0. The Morgan fingerprint density at radius 1 is 0.500 bits per heavy atom. The molecule has 0 heterocycles. The molecular weight excluding hydrogens is 390 g/mol. The zero-order valence-electron chi connectivity index (χ0n) is 11.2. The number of rotatable bonds is 4. The van der Waals surface area contributed by atoms with Crippen LogP contribution in [0.3, 0.4) is 0 Å². The van der Waals surface area contributed by atoms with Crippen molar-refractivity contribution in [3.05, 3.63) is 0 Å². The monoisotopic (exact) mass is 398 g/mol. The molecule has 0 unspecified atom stereocenters. The molecule has 0 aromatic rings. The van der Waals surface area contributed by atoms with E-state index in [-0.39, 0.29) is 0 Å². The van der Waals surface area contributed by atoms with Crippen LogP contribution in [0.25, 0.3) is 0 Å². The predicted molar refractivity (Wildman–Crippen MR) is 49.3 cm³/mol. The molecule has 15 heteroatoms. The topological polar surface area (TPSA) is 20.2 Å². The molecule has 0 rings (SSSR count). The van der Waals surface area contributed by atoms with Gasteiger partial charge in [-0.05, 0) is 6.42 Å². The summed E-state index contributed by atoms with van der Waals surface area (Å²) in [4.78, 5) is 0. The van der Waals surface area contributed by atoms with Crippen molar-refractivity contribution >= 4 is 0 Å². The molecule has 0 saturated heterocycles. The molecular formula is C9H8F14O. The summed E-state index contributed by atoms with van der Waals surface area (Å²) in [5.41, 5.74) is 0. The highest BCUT2D eigenvalue weighted by molar-refractivity contribution is 5.08. The third-order valence-electron chi connectivity index (χ3n) is 2.12. The summed E-state index contributed by atoms with van der Waals surface area (Å²) in [6, 6.07) is 0. The van der Waals surface area contributed by atoms with Crippen molar-refractivity contribution < 1.29 is 66.6 Å².